The minimum atomic E-state index is -1.19. The van der Waals surface area contributed by atoms with Gasteiger partial charge in [-0.3, -0.25) is 4.79 Å². The molecule has 1 saturated heterocycles. The molecule has 3 rings (SSSR count). The highest BCUT2D eigenvalue weighted by molar-refractivity contribution is 6.36. The maximum absolute atomic E-state index is 12.2. The number of nitrogens with zero attached hydrogens (tertiary/aromatic N) is 2. The molecule has 0 aliphatic carbocycles. The minimum Gasteiger partial charge on any atom is -0.506 e. The molecule has 2 aromatic rings. The number of halogens is 4. The fourth-order valence-corrected chi connectivity index (χ4v) is 3.68. The summed E-state index contributed by atoms with van der Waals surface area (Å²) in [5, 5.41) is 21.5. The minimum absolute atomic E-state index is 0. The Morgan fingerprint density at radius 3 is 2.21 bits per heavy atom. The van der Waals surface area contributed by atoms with Crippen molar-refractivity contribution in [1.29, 1.82) is 0 Å². The van der Waals surface area contributed by atoms with Crippen LogP contribution in [0.4, 0.5) is 0 Å². The SMILES string of the molecule is CCN1CCN(C)CC1.Cl.Cl.O=C(N[C@@H](Cc1ccccc1)C(=O)O)c1cc(Cl)cc(Cl)c1O.[HH]. The number of aromatic hydroxyl groups is 1. The number of phenolic OH excluding ortho intramolecular Hbond substituents is 1. The lowest BCUT2D eigenvalue weighted by molar-refractivity contribution is -0.139. The lowest BCUT2D eigenvalue weighted by Gasteiger charge is -2.31. The number of benzene rings is 2. The highest BCUT2D eigenvalue weighted by Gasteiger charge is 2.23. The van der Waals surface area contributed by atoms with Crippen LogP contribution in [0, 0.1) is 0 Å². The van der Waals surface area contributed by atoms with Crippen LogP contribution in [0.1, 0.15) is 24.3 Å². The van der Waals surface area contributed by atoms with E-state index in [1.807, 2.05) is 6.07 Å². The Hall–Kier alpha value is -1.74. The van der Waals surface area contributed by atoms with E-state index in [1.54, 1.807) is 24.3 Å². The van der Waals surface area contributed by atoms with Crippen molar-refractivity contribution in [3.63, 3.8) is 0 Å². The second kappa shape index (κ2) is 16.0. The Morgan fingerprint density at radius 2 is 1.68 bits per heavy atom. The summed E-state index contributed by atoms with van der Waals surface area (Å²) in [6.07, 6.45) is 0.108. The van der Waals surface area contributed by atoms with Gasteiger partial charge in [-0.2, -0.15) is 0 Å². The van der Waals surface area contributed by atoms with Crippen LogP contribution in [0.3, 0.4) is 0 Å². The Labute approximate surface area is 224 Å². The molecule has 7 nitrogen and oxygen atoms in total. The van der Waals surface area contributed by atoms with Gasteiger partial charge in [0.1, 0.15) is 11.8 Å². The second-order valence-electron chi connectivity index (χ2n) is 7.58. The van der Waals surface area contributed by atoms with Crippen LogP contribution in [0.5, 0.6) is 5.75 Å². The lowest BCUT2D eigenvalue weighted by atomic mass is 10.1. The highest BCUT2D eigenvalue weighted by Crippen LogP contribution is 2.31. The number of phenols is 1. The van der Waals surface area contributed by atoms with Gasteiger partial charge >= 0.3 is 5.97 Å². The predicted molar refractivity (Wildman–Crippen MR) is 143 cm³/mol. The zero-order chi connectivity index (χ0) is 23.7. The van der Waals surface area contributed by atoms with Gasteiger partial charge in [-0.1, -0.05) is 60.5 Å². The van der Waals surface area contributed by atoms with Crippen molar-refractivity contribution in [2.24, 2.45) is 0 Å². The van der Waals surface area contributed by atoms with Gasteiger partial charge in [-0.05, 0) is 31.3 Å². The molecule has 1 aliphatic rings. The molecule has 2 aromatic carbocycles. The summed E-state index contributed by atoms with van der Waals surface area (Å²) in [6, 6.07) is 10.2. The summed E-state index contributed by atoms with van der Waals surface area (Å²) in [5.41, 5.74) is 0.579. The fourth-order valence-electron chi connectivity index (χ4n) is 3.19. The first-order chi connectivity index (χ1) is 15.2. The topological polar surface area (TPSA) is 93.1 Å². The van der Waals surface area contributed by atoms with Crippen molar-refractivity contribution in [3.05, 3.63) is 63.6 Å². The van der Waals surface area contributed by atoms with E-state index in [-0.39, 0.29) is 48.3 Å². The van der Waals surface area contributed by atoms with Crippen molar-refractivity contribution < 1.29 is 21.2 Å². The number of likely N-dealkylation sites (N-methyl/N-ethyl adjacent to an activating group) is 2. The third-order valence-corrected chi connectivity index (χ3v) is 5.71. The fraction of sp³-hybridized carbons (Fsp3) is 0.391. The first-order valence-electron chi connectivity index (χ1n) is 10.4. The number of carboxylic acids is 1. The standard InChI is InChI=1S/C16H13Cl2NO4.C7H16N2.2ClH.H2/c17-10-7-11(14(20)12(18)8-10)15(21)19-13(16(22)23)6-9-4-2-1-3-5-9;1-3-9-6-4-8(2)5-7-9;;;/h1-5,7-8,13,20H,6H2,(H,19,21)(H,22,23);3-7H2,1-2H3;3*1H/t13-;;;;/m0..../s1. The maximum Gasteiger partial charge on any atom is 0.326 e. The Balaban J connectivity index is 0. The molecule has 3 N–H and O–H groups in total. The van der Waals surface area contributed by atoms with Crippen LogP contribution in [0.15, 0.2) is 42.5 Å². The smallest absolute Gasteiger partial charge is 0.326 e. The number of nitrogens with one attached hydrogen (secondary N) is 1. The Bertz CT molecular complexity index is 917. The molecule has 0 bridgehead atoms. The maximum atomic E-state index is 12.2. The van der Waals surface area contributed by atoms with Crippen molar-refractivity contribution in [1.82, 2.24) is 15.1 Å². The van der Waals surface area contributed by atoms with Gasteiger partial charge in [-0.15, -0.1) is 24.8 Å². The molecule has 11 heteroatoms. The number of aliphatic carboxylic acids is 1. The van der Waals surface area contributed by atoms with Crippen molar-refractivity contribution in [2.75, 3.05) is 39.8 Å². The average molecular weight is 557 g/mol. The molecule has 1 atom stereocenters. The summed E-state index contributed by atoms with van der Waals surface area (Å²) < 4.78 is 0. The van der Waals surface area contributed by atoms with Gasteiger partial charge in [0.2, 0.25) is 0 Å². The van der Waals surface area contributed by atoms with E-state index in [0.29, 0.717) is 0 Å². The molecule has 1 fully saturated rings. The Kier molecular flexibility index (Phi) is 15.2. The van der Waals surface area contributed by atoms with Crippen molar-refractivity contribution in [2.45, 2.75) is 19.4 Å². The largest absolute Gasteiger partial charge is 0.506 e. The number of amides is 1. The summed E-state index contributed by atoms with van der Waals surface area (Å²) in [6.45, 7) is 8.45. The summed E-state index contributed by atoms with van der Waals surface area (Å²) >= 11 is 11.6. The van der Waals surface area contributed by atoms with E-state index in [4.69, 9.17) is 23.2 Å². The van der Waals surface area contributed by atoms with Gasteiger partial charge in [-0.25, -0.2) is 4.79 Å². The lowest BCUT2D eigenvalue weighted by Crippen LogP contribution is -2.44. The van der Waals surface area contributed by atoms with Crippen LogP contribution in [0.2, 0.25) is 10.0 Å². The monoisotopic (exact) mass is 555 g/mol. The number of rotatable bonds is 6. The molecule has 1 aliphatic heterocycles. The zero-order valence-corrected chi connectivity index (χ0v) is 22.2. The first kappa shape index (κ1) is 32.3. The first-order valence-corrected chi connectivity index (χ1v) is 11.1. The quantitative estimate of drug-likeness (QED) is 0.486. The summed E-state index contributed by atoms with van der Waals surface area (Å²) in [5.74, 6) is -2.40. The molecule has 0 spiro atoms. The molecule has 0 radical (unpaired) electrons. The van der Waals surface area contributed by atoms with E-state index in [9.17, 15) is 19.8 Å². The highest BCUT2D eigenvalue weighted by atomic mass is 35.5. The molecule has 0 saturated carbocycles. The molecular formula is C23H33Cl4N3O4. The number of hydrogen-bond acceptors (Lipinski definition) is 5. The van der Waals surface area contributed by atoms with Crippen molar-refractivity contribution in [3.8, 4) is 5.75 Å². The number of carbonyl (C=O) groups excluding carboxylic acids is 1. The van der Waals surface area contributed by atoms with Gasteiger partial charge in [0.15, 0.2) is 0 Å². The van der Waals surface area contributed by atoms with Crippen LogP contribution < -0.4 is 5.32 Å². The number of carboxylic acid groups (broad SMARTS) is 1. The van der Waals surface area contributed by atoms with E-state index >= 15 is 0 Å². The van der Waals surface area contributed by atoms with E-state index < -0.39 is 23.7 Å². The molecule has 1 heterocycles. The number of carbonyl (C=O) groups is 2. The third-order valence-electron chi connectivity index (χ3n) is 5.20. The van der Waals surface area contributed by atoms with Crippen LogP contribution in [-0.2, 0) is 11.2 Å². The van der Waals surface area contributed by atoms with Crippen molar-refractivity contribution >= 4 is 59.9 Å². The van der Waals surface area contributed by atoms with Crippen LogP contribution >= 0.6 is 48.0 Å². The molecular weight excluding hydrogens is 524 g/mol. The molecule has 34 heavy (non-hydrogen) atoms. The molecule has 192 valence electrons. The zero-order valence-electron chi connectivity index (χ0n) is 19.0. The van der Waals surface area contributed by atoms with Gasteiger partial charge in [0.25, 0.3) is 5.91 Å². The molecule has 0 unspecified atom stereocenters. The predicted octanol–water partition coefficient (Wildman–Crippen LogP) is 4.47. The molecule has 0 aromatic heterocycles. The summed E-state index contributed by atoms with van der Waals surface area (Å²) in [7, 11) is 2.19. The summed E-state index contributed by atoms with van der Waals surface area (Å²) in [4.78, 5) is 28.5. The van der Waals surface area contributed by atoms with Gasteiger partial charge < -0.3 is 25.3 Å². The third kappa shape index (κ3) is 10.3. The number of piperazine rings is 1. The van der Waals surface area contributed by atoms with Crippen LogP contribution in [-0.4, -0.2) is 77.7 Å². The number of hydrogen-bond donors (Lipinski definition) is 3. The van der Waals surface area contributed by atoms with E-state index in [0.717, 1.165) is 5.56 Å². The van der Waals surface area contributed by atoms with Gasteiger partial charge in [0, 0.05) is 39.0 Å². The van der Waals surface area contributed by atoms with E-state index in [1.165, 1.54) is 44.9 Å². The molecule has 1 amide bonds. The normalized spacial score (nSPS) is 14.5. The van der Waals surface area contributed by atoms with E-state index in [2.05, 4.69) is 29.1 Å². The van der Waals surface area contributed by atoms with Crippen LogP contribution in [0.25, 0.3) is 0 Å². The average Bonchev–Trinajstić information content (AvgIpc) is 2.77. The van der Waals surface area contributed by atoms with Gasteiger partial charge in [0.05, 0.1) is 10.6 Å². The second-order valence-corrected chi connectivity index (χ2v) is 8.42. The Morgan fingerprint density at radius 1 is 1.09 bits per heavy atom.